The van der Waals surface area contributed by atoms with Crippen LogP contribution in [0.5, 0.6) is 0 Å². The van der Waals surface area contributed by atoms with Crippen LogP contribution in [0.1, 0.15) is 73.4 Å². The van der Waals surface area contributed by atoms with E-state index in [9.17, 15) is 19.2 Å². The van der Waals surface area contributed by atoms with Gasteiger partial charge in [-0.2, -0.15) is 5.10 Å². The molecule has 3 aliphatic heterocycles. The highest BCUT2D eigenvalue weighted by Gasteiger charge is 2.62. The molecule has 1 unspecified atom stereocenters. The average molecular weight is 552 g/mol. The number of hydrogen-bond acceptors (Lipinski definition) is 5. The highest BCUT2D eigenvalue weighted by molar-refractivity contribution is 6.27. The molecule has 4 amide bonds. The maximum absolute atomic E-state index is 13.5. The Morgan fingerprint density at radius 1 is 1.07 bits per heavy atom. The number of carbonyl (C=O) groups is 4. The largest absolute Gasteiger partial charge is 0.342 e. The van der Waals surface area contributed by atoms with Gasteiger partial charge in [-0.15, -0.1) is 0 Å². The monoisotopic (exact) mass is 551 g/mol. The molecule has 9 rings (SSSR count). The minimum Gasteiger partial charge on any atom is -0.342 e. The van der Waals surface area contributed by atoms with Crippen molar-refractivity contribution in [3.8, 4) is 0 Å². The van der Waals surface area contributed by atoms with Crippen LogP contribution in [0.15, 0.2) is 42.7 Å². The van der Waals surface area contributed by atoms with Crippen molar-refractivity contribution in [2.75, 3.05) is 18.0 Å². The van der Waals surface area contributed by atoms with Crippen LogP contribution in [0.3, 0.4) is 0 Å². The fourth-order valence-electron chi connectivity index (χ4n) is 7.92. The number of benzene rings is 2. The Hall–Kier alpha value is -4.01. The van der Waals surface area contributed by atoms with E-state index >= 15 is 0 Å². The first-order valence-corrected chi connectivity index (χ1v) is 14.8. The summed E-state index contributed by atoms with van der Waals surface area (Å²) in [5.74, 6) is 0.269. The first kappa shape index (κ1) is 24.8. The fourth-order valence-corrected chi connectivity index (χ4v) is 7.92. The van der Waals surface area contributed by atoms with Crippen LogP contribution >= 0.6 is 0 Å². The molecule has 2 bridgehead atoms. The summed E-state index contributed by atoms with van der Waals surface area (Å²) >= 11 is 0. The topological polar surface area (TPSA) is 105 Å². The normalized spacial score (nSPS) is 28.0. The Kier molecular flexibility index (Phi) is 5.13. The number of hydrogen-bond donors (Lipinski definition) is 1. The number of piperidine rings is 2. The first-order valence-electron chi connectivity index (χ1n) is 14.8. The quantitative estimate of drug-likeness (QED) is 0.489. The van der Waals surface area contributed by atoms with E-state index in [4.69, 9.17) is 5.10 Å². The number of imide groups is 1. The molecule has 0 spiro atoms. The smallest absolute Gasteiger partial charge is 0.259 e. The first-order chi connectivity index (χ1) is 19.7. The van der Waals surface area contributed by atoms with Gasteiger partial charge in [0.25, 0.3) is 5.91 Å². The molecule has 3 aliphatic carbocycles. The van der Waals surface area contributed by atoms with Crippen molar-refractivity contribution in [1.29, 1.82) is 0 Å². The molecule has 1 aromatic heterocycles. The van der Waals surface area contributed by atoms with Gasteiger partial charge in [0.2, 0.25) is 17.7 Å². The summed E-state index contributed by atoms with van der Waals surface area (Å²) in [4.78, 5) is 54.5. The van der Waals surface area contributed by atoms with E-state index in [0.717, 1.165) is 78.7 Å². The lowest BCUT2D eigenvalue weighted by molar-refractivity contribution is -0.178. The lowest BCUT2D eigenvalue weighted by Crippen LogP contribution is -2.62. The van der Waals surface area contributed by atoms with Gasteiger partial charge in [-0.3, -0.25) is 34.1 Å². The van der Waals surface area contributed by atoms with Gasteiger partial charge in [0.05, 0.1) is 22.8 Å². The molecular formula is C32H33N5O4. The highest BCUT2D eigenvalue weighted by atomic mass is 16.2. The summed E-state index contributed by atoms with van der Waals surface area (Å²) in [6, 6.07) is 9.01. The number of carbonyl (C=O) groups excluding carboxylic acids is 4. The molecule has 6 aliphatic rings. The second-order valence-electron chi connectivity index (χ2n) is 13.1. The molecule has 5 fully saturated rings. The SMILES string of the molecule is CC1(n2cc(Cc3ccc4c5c(cccc35)C(=O)N4C3CCC(=O)NC3=O)cn2)CCN(C(=O)C23CC(C2)C3)CC1. The Balaban J connectivity index is 1.02. The van der Waals surface area contributed by atoms with Gasteiger partial charge in [0, 0.05) is 43.1 Å². The molecule has 4 heterocycles. The van der Waals surface area contributed by atoms with Crippen LogP contribution in [0.4, 0.5) is 5.69 Å². The van der Waals surface area contributed by atoms with Crippen molar-refractivity contribution in [3.63, 3.8) is 0 Å². The number of rotatable bonds is 5. The van der Waals surface area contributed by atoms with Crippen molar-refractivity contribution in [1.82, 2.24) is 20.0 Å². The van der Waals surface area contributed by atoms with Crippen molar-refractivity contribution in [2.24, 2.45) is 11.3 Å². The number of aromatic nitrogens is 2. The highest BCUT2D eigenvalue weighted by Crippen LogP contribution is 2.65. The van der Waals surface area contributed by atoms with Crippen LogP contribution < -0.4 is 10.2 Å². The Morgan fingerprint density at radius 2 is 1.85 bits per heavy atom. The predicted octanol–water partition coefficient (Wildman–Crippen LogP) is 3.53. The minimum absolute atomic E-state index is 0.0135. The van der Waals surface area contributed by atoms with E-state index in [2.05, 4.69) is 28.0 Å². The van der Waals surface area contributed by atoms with Crippen LogP contribution in [-0.4, -0.2) is 57.4 Å². The van der Waals surface area contributed by atoms with E-state index in [1.165, 1.54) is 0 Å². The third kappa shape index (κ3) is 3.57. The summed E-state index contributed by atoms with van der Waals surface area (Å²) in [5.41, 5.74) is 3.35. The van der Waals surface area contributed by atoms with E-state index < -0.39 is 11.9 Å². The number of nitrogens with one attached hydrogen (secondary N) is 1. The van der Waals surface area contributed by atoms with E-state index in [1.807, 2.05) is 36.5 Å². The molecule has 1 N–H and O–H groups in total. The van der Waals surface area contributed by atoms with Crippen molar-refractivity contribution in [3.05, 3.63) is 59.4 Å². The molecule has 3 aromatic rings. The average Bonchev–Trinajstić information content (AvgIpc) is 3.49. The van der Waals surface area contributed by atoms with Gasteiger partial charge in [-0.25, -0.2) is 0 Å². The van der Waals surface area contributed by atoms with Crippen molar-refractivity contribution in [2.45, 2.75) is 69.9 Å². The maximum atomic E-state index is 13.5. The van der Waals surface area contributed by atoms with Gasteiger partial charge < -0.3 is 4.90 Å². The summed E-state index contributed by atoms with van der Waals surface area (Å²) in [7, 11) is 0. The molecule has 3 saturated carbocycles. The number of anilines is 1. The summed E-state index contributed by atoms with van der Waals surface area (Å²) < 4.78 is 2.08. The van der Waals surface area contributed by atoms with E-state index in [1.54, 1.807) is 4.90 Å². The molecule has 9 nitrogen and oxygen atoms in total. The van der Waals surface area contributed by atoms with Crippen LogP contribution in [0.25, 0.3) is 10.8 Å². The zero-order chi connectivity index (χ0) is 28.1. The predicted molar refractivity (Wildman–Crippen MR) is 151 cm³/mol. The number of likely N-dealkylation sites (tertiary alicyclic amines) is 1. The molecular weight excluding hydrogens is 518 g/mol. The maximum Gasteiger partial charge on any atom is 0.259 e. The van der Waals surface area contributed by atoms with Crippen molar-refractivity contribution < 1.29 is 19.2 Å². The van der Waals surface area contributed by atoms with Crippen LogP contribution in [-0.2, 0) is 26.3 Å². The van der Waals surface area contributed by atoms with Gasteiger partial charge in [-0.05, 0) is 80.0 Å². The summed E-state index contributed by atoms with van der Waals surface area (Å²) in [6.45, 7) is 3.80. The molecule has 2 aromatic carbocycles. The zero-order valence-corrected chi connectivity index (χ0v) is 23.2. The Labute approximate surface area is 237 Å². The summed E-state index contributed by atoms with van der Waals surface area (Å²) in [6.07, 6.45) is 10.3. The van der Waals surface area contributed by atoms with Gasteiger partial charge in [-0.1, -0.05) is 18.2 Å². The number of amides is 4. The van der Waals surface area contributed by atoms with Crippen molar-refractivity contribution >= 4 is 40.1 Å². The Bertz CT molecular complexity index is 1650. The third-order valence-corrected chi connectivity index (χ3v) is 10.5. The standard InChI is InChI=1S/C32H33N5O4/c1-31(9-11-35(12-10-31)30(41)32-14-20(15-32)16-32)36-18-19(17-33-36)13-21-5-6-24-27-22(21)3-2-4-23(27)29(40)37(24)25-7-8-26(38)34-28(25)39/h2-6,17-18,20,25H,7-16H2,1H3,(H,34,38,39). The summed E-state index contributed by atoms with van der Waals surface area (Å²) in [5, 5.41) is 9.00. The third-order valence-electron chi connectivity index (χ3n) is 10.5. The van der Waals surface area contributed by atoms with E-state index in [0.29, 0.717) is 24.3 Å². The molecule has 210 valence electrons. The zero-order valence-electron chi connectivity index (χ0n) is 23.2. The van der Waals surface area contributed by atoms with Crippen LogP contribution in [0, 0.1) is 11.3 Å². The van der Waals surface area contributed by atoms with Crippen LogP contribution in [0.2, 0.25) is 0 Å². The molecule has 41 heavy (non-hydrogen) atoms. The molecule has 1 atom stereocenters. The second-order valence-corrected chi connectivity index (χ2v) is 13.1. The molecule has 9 heteroatoms. The van der Waals surface area contributed by atoms with Gasteiger partial charge >= 0.3 is 0 Å². The second kappa shape index (κ2) is 8.50. The number of nitrogens with zero attached hydrogens (tertiary/aromatic N) is 4. The lowest BCUT2D eigenvalue weighted by atomic mass is 9.44. The minimum atomic E-state index is -0.693. The fraction of sp³-hybridized carbons (Fsp3) is 0.469. The van der Waals surface area contributed by atoms with Gasteiger partial charge in [0.15, 0.2) is 0 Å². The van der Waals surface area contributed by atoms with Gasteiger partial charge in [0.1, 0.15) is 6.04 Å². The lowest BCUT2D eigenvalue weighted by Gasteiger charge is -2.61. The molecule has 2 saturated heterocycles. The Morgan fingerprint density at radius 3 is 2.56 bits per heavy atom. The molecule has 0 radical (unpaired) electrons. The van der Waals surface area contributed by atoms with E-state index in [-0.39, 0.29) is 29.2 Å².